The molecule has 0 bridgehead atoms. The molecule has 6 heteroatoms. The number of hydrogen-bond donors (Lipinski definition) is 1. The summed E-state index contributed by atoms with van der Waals surface area (Å²) >= 11 is 12.1. The molecule has 0 saturated carbocycles. The van der Waals surface area contributed by atoms with Gasteiger partial charge < -0.3 is 14.8 Å². The van der Waals surface area contributed by atoms with Crippen molar-refractivity contribution < 1.29 is 14.3 Å². The molecule has 1 aliphatic rings. The normalized spacial score (nSPS) is 17.6. The van der Waals surface area contributed by atoms with Crippen molar-refractivity contribution in [2.75, 3.05) is 7.11 Å². The zero-order chi connectivity index (χ0) is 19.6. The molecule has 1 aliphatic heterocycles. The number of halogens is 2. The predicted molar refractivity (Wildman–Crippen MR) is 108 cm³/mol. The second-order valence-corrected chi connectivity index (χ2v) is 8.17. The average molecular weight is 408 g/mol. The smallest absolute Gasteiger partial charge is 0.220 e. The number of benzene rings is 2. The first-order valence-electron chi connectivity index (χ1n) is 8.88. The lowest BCUT2D eigenvalue weighted by atomic mass is 9.89. The van der Waals surface area contributed by atoms with Gasteiger partial charge in [0.25, 0.3) is 0 Å². The van der Waals surface area contributed by atoms with Crippen LogP contribution in [-0.4, -0.2) is 18.6 Å². The Balaban J connectivity index is 1.70. The van der Waals surface area contributed by atoms with E-state index in [4.69, 9.17) is 32.7 Å². The Labute approximate surface area is 169 Å². The molecule has 0 radical (unpaired) electrons. The standard InChI is InChI=1S/C21H23Cl2NO3/c1-21(2)12-18(16-8-7-15(26-3)11-19(16)27-21)24-20(25)9-5-13-4-6-14(22)10-17(13)23/h4,6-8,10-11,18H,5,9,12H2,1-3H3,(H,24,25)/t18-/m1/s1. The van der Waals surface area contributed by atoms with E-state index in [1.165, 1.54) is 0 Å². The minimum Gasteiger partial charge on any atom is -0.497 e. The first kappa shape index (κ1) is 19.8. The summed E-state index contributed by atoms with van der Waals surface area (Å²) in [5.74, 6) is 1.45. The molecule has 144 valence electrons. The number of fused-ring (bicyclic) bond motifs is 1. The fourth-order valence-electron chi connectivity index (χ4n) is 3.33. The van der Waals surface area contributed by atoms with E-state index < -0.39 is 0 Å². The number of nitrogens with one attached hydrogen (secondary N) is 1. The van der Waals surface area contributed by atoms with Crippen molar-refractivity contribution in [3.8, 4) is 11.5 Å². The molecule has 3 rings (SSSR count). The van der Waals surface area contributed by atoms with E-state index in [9.17, 15) is 4.79 Å². The molecule has 0 aromatic heterocycles. The molecule has 1 N–H and O–H groups in total. The Morgan fingerprint density at radius 1 is 1.26 bits per heavy atom. The zero-order valence-electron chi connectivity index (χ0n) is 15.6. The molecular weight excluding hydrogens is 385 g/mol. The Kier molecular flexibility index (Phi) is 5.87. The largest absolute Gasteiger partial charge is 0.497 e. The predicted octanol–water partition coefficient (Wildman–Crippen LogP) is 5.35. The number of carbonyl (C=O) groups is 1. The van der Waals surface area contributed by atoms with Gasteiger partial charge in [0.2, 0.25) is 5.91 Å². The summed E-state index contributed by atoms with van der Waals surface area (Å²) in [5, 5.41) is 4.31. The van der Waals surface area contributed by atoms with Gasteiger partial charge in [0.15, 0.2) is 0 Å². The van der Waals surface area contributed by atoms with Crippen molar-refractivity contribution in [1.29, 1.82) is 0 Å². The van der Waals surface area contributed by atoms with Crippen molar-refractivity contribution in [2.24, 2.45) is 0 Å². The third-order valence-corrected chi connectivity index (χ3v) is 5.24. The number of ether oxygens (including phenoxy) is 2. The third-order valence-electron chi connectivity index (χ3n) is 4.65. The van der Waals surface area contributed by atoms with Gasteiger partial charge in [-0.15, -0.1) is 0 Å². The second kappa shape index (κ2) is 7.99. The van der Waals surface area contributed by atoms with Crippen molar-refractivity contribution in [3.05, 3.63) is 57.6 Å². The van der Waals surface area contributed by atoms with Gasteiger partial charge in [-0.1, -0.05) is 29.3 Å². The van der Waals surface area contributed by atoms with Crippen LogP contribution < -0.4 is 14.8 Å². The summed E-state index contributed by atoms with van der Waals surface area (Å²) in [6.45, 7) is 4.03. The maximum absolute atomic E-state index is 12.6. The average Bonchev–Trinajstić information content (AvgIpc) is 2.59. The minimum absolute atomic E-state index is 0.0227. The van der Waals surface area contributed by atoms with E-state index in [1.54, 1.807) is 19.2 Å². The first-order chi connectivity index (χ1) is 12.8. The van der Waals surface area contributed by atoms with Gasteiger partial charge in [-0.2, -0.15) is 0 Å². The highest BCUT2D eigenvalue weighted by Gasteiger charge is 2.34. The number of amides is 1. The monoisotopic (exact) mass is 407 g/mol. The summed E-state index contributed by atoms with van der Waals surface area (Å²) in [5.41, 5.74) is 1.50. The zero-order valence-corrected chi connectivity index (χ0v) is 17.2. The maximum atomic E-state index is 12.6. The van der Waals surface area contributed by atoms with Crippen molar-refractivity contribution >= 4 is 29.1 Å². The lowest BCUT2D eigenvalue weighted by Gasteiger charge is -2.38. The molecule has 0 fully saturated rings. The molecule has 27 heavy (non-hydrogen) atoms. The lowest BCUT2D eigenvalue weighted by molar-refractivity contribution is -0.122. The van der Waals surface area contributed by atoms with Crippen LogP contribution in [-0.2, 0) is 11.2 Å². The highest BCUT2D eigenvalue weighted by atomic mass is 35.5. The molecule has 0 saturated heterocycles. The molecule has 1 atom stereocenters. The number of methoxy groups -OCH3 is 1. The molecule has 2 aromatic rings. The van der Waals surface area contributed by atoms with Crippen LogP contribution in [0.25, 0.3) is 0 Å². The van der Waals surface area contributed by atoms with Crippen LogP contribution >= 0.6 is 23.2 Å². The Morgan fingerprint density at radius 3 is 2.74 bits per heavy atom. The van der Waals surface area contributed by atoms with Crippen molar-refractivity contribution in [3.63, 3.8) is 0 Å². The van der Waals surface area contributed by atoms with Gasteiger partial charge in [0.1, 0.15) is 17.1 Å². The van der Waals surface area contributed by atoms with Gasteiger partial charge in [-0.25, -0.2) is 0 Å². The van der Waals surface area contributed by atoms with Crippen LogP contribution in [0.2, 0.25) is 10.0 Å². The van der Waals surface area contributed by atoms with Crippen LogP contribution in [0.4, 0.5) is 0 Å². The SMILES string of the molecule is COc1ccc2c(c1)OC(C)(C)C[C@H]2NC(=O)CCc1ccc(Cl)cc1Cl. The Hall–Kier alpha value is -1.91. The first-order valence-corrected chi connectivity index (χ1v) is 9.63. The van der Waals surface area contributed by atoms with E-state index in [-0.39, 0.29) is 17.6 Å². The highest BCUT2D eigenvalue weighted by Crippen LogP contribution is 2.41. The minimum atomic E-state index is -0.378. The molecule has 1 heterocycles. The van der Waals surface area contributed by atoms with Crippen LogP contribution in [0.1, 0.15) is 43.9 Å². The Morgan fingerprint density at radius 2 is 2.04 bits per heavy atom. The van der Waals surface area contributed by atoms with Gasteiger partial charge in [0.05, 0.1) is 13.2 Å². The molecule has 4 nitrogen and oxygen atoms in total. The van der Waals surface area contributed by atoms with E-state index in [2.05, 4.69) is 5.32 Å². The highest BCUT2D eigenvalue weighted by molar-refractivity contribution is 6.35. The summed E-state index contributed by atoms with van der Waals surface area (Å²) in [4.78, 5) is 12.6. The van der Waals surface area contributed by atoms with Crippen molar-refractivity contribution in [2.45, 2.75) is 44.8 Å². The molecular formula is C21H23Cl2NO3. The van der Waals surface area contributed by atoms with Crippen LogP contribution in [0, 0.1) is 0 Å². The van der Waals surface area contributed by atoms with Crippen molar-refractivity contribution in [1.82, 2.24) is 5.32 Å². The summed E-state index contributed by atoms with van der Waals surface area (Å²) in [6.07, 6.45) is 1.61. The van der Waals surface area contributed by atoms with Crippen LogP contribution in [0.3, 0.4) is 0 Å². The fourth-order valence-corrected chi connectivity index (χ4v) is 3.83. The van der Waals surface area contributed by atoms with E-state index in [0.717, 1.165) is 22.6 Å². The summed E-state index contributed by atoms with van der Waals surface area (Å²) in [7, 11) is 1.62. The summed E-state index contributed by atoms with van der Waals surface area (Å²) in [6, 6.07) is 10.9. The van der Waals surface area contributed by atoms with Crippen LogP contribution in [0.15, 0.2) is 36.4 Å². The quantitative estimate of drug-likeness (QED) is 0.725. The van der Waals surface area contributed by atoms with E-state index in [0.29, 0.717) is 29.3 Å². The van der Waals surface area contributed by atoms with Gasteiger partial charge in [-0.05, 0) is 50.1 Å². The van der Waals surface area contributed by atoms with E-state index >= 15 is 0 Å². The lowest BCUT2D eigenvalue weighted by Crippen LogP contribution is -2.41. The third kappa shape index (κ3) is 4.88. The second-order valence-electron chi connectivity index (χ2n) is 7.33. The molecule has 1 amide bonds. The number of carbonyl (C=O) groups excluding carboxylic acids is 1. The van der Waals surface area contributed by atoms with Gasteiger partial charge in [0, 0.05) is 34.5 Å². The maximum Gasteiger partial charge on any atom is 0.220 e. The van der Waals surface area contributed by atoms with Gasteiger partial charge in [-0.3, -0.25) is 4.79 Å². The number of aryl methyl sites for hydroxylation is 1. The van der Waals surface area contributed by atoms with Gasteiger partial charge >= 0.3 is 0 Å². The summed E-state index contributed by atoms with van der Waals surface area (Å²) < 4.78 is 11.4. The van der Waals surface area contributed by atoms with Crippen LogP contribution in [0.5, 0.6) is 11.5 Å². The Bertz CT molecular complexity index is 851. The molecule has 2 aromatic carbocycles. The molecule has 0 unspecified atom stereocenters. The topological polar surface area (TPSA) is 47.6 Å². The molecule has 0 aliphatic carbocycles. The molecule has 0 spiro atoms. The fraction of sp³-hybridized carbons (Fsp3) is 0.381. The van der Waals surface area contributed by atoms with E-state index in [1.807, 2.05) is 38.1 Å². The number of rotatable bonds is 5. The number of hydrogen-bond acceptors (Lipinski definition) is 3.